The highest BCUT2D eigenvalue weighted by Crippen LogP contribution is 2.57. The summed E-state index contributed by atoms with van der Waals surface area (Å²) >= 11 is 0. The summed E-state index contributed by atoms with van der Waals surface area (Å²) in [7, 11) is 0. The van der Waals surface area contributed by atoms with Gasteiger partial charge in [-0.2, -0.15) is 0 Å². The van der Waals surface area contributed by atoms with Crippen LogP contribution in [0.2, 0.25) is 0 Å². The van der Waals surface area contributed by atoms with Crippen molar-refractivity contribution in [2.24, 2.45) is 0 Å². The van der Waals surface area contributed by atoms with Crippen LogP contribution in [0.5, 0.6) is 0 Å². The van der Waals surface area contributed by atoms with Crippen molar-refractivity contribution in [3.05, 3.63) is 164 Å². The number of anilines is 1. The first-order valence-electron chi connectivity index (χ1n) is 15.5. The largest absolute Gasteiger partial charge is 0.399 e. The molecule has 0 aromatic heterocycles. The number of rotatable bonds is 4. The van der Waals surface area contributed by atoms with Crippen LogP contribution in [0.4, 0.5) is 5.69 Å². The monoisotopic (exact) mass is 571 g/mol. The molecule has 1 aliphatic rings. The van der Waals surface area contributed by atoms with E-state index in [1.165, 1.54) is 82.7 Å². The summed E-state index contributed by atoms with van der Waals surface area (Å²) < 4.78 is 0. The molecule has 0 saturated carbocycles. The Morgan fingerprint density at radius 1 is 0.311 bits per heavy atom. The number of nitrogens with two attached hydrogens (primary N) is 1. The van der Waals surface area contributed by atoms with Crippen molar-refractivity contribution < 1.29 is 0 Å². The maximum atomic E-state index is 6.11. The normalized spacial score (nSPS) is 11.6. The number of benzene rings is 8. The fourth-order valence-electron chi connectivity index (χ4n) is 7.34. The number of hydrogen-bond acceptors (Lipinski definition) is 1. The van der Waals surface area contributed by atoms with Crippen LogP contribution in [0.1, 0.15) is 0 Å². The van der Waals surface area contributed by atoms with Crippen molar-refractivity contribution in [1.82, 2.24) is 0 Å². The molecule has 0 spiro atoms. The van der Waals surface area contributed by atoms with Crippen LogP contribution in [0.3, 0.4) is 0 Å². The fourth-order valence-corrected chi connectivity index (χ4v) is 7.34. The maximum absolute atomic E-state index is 6.11. The lowest BCUT2D eigenvalue weighted by atomic mass is 9.81. The lowest BCUT2D eigenvalue weighted by Gasteiger charge is -2.22. The van der Waals surface area contributed by atoms with Gasteiger partial charge in [-0.25, -0.2) is 0 Å². The Labute approximate surface area is 262 Å². The van der Waals surface area contributed by atoms with Gasteiger partial charge in [0.15, 0.2) is 0 Å². The molecule has 1 aliphatic carbocycles. The summed E-state index contributed by atoms with van der Waals surface area (Å²) in [6.07, 6.45) is 0. The molecular weight excluding hydrogens is 542 g/mol. The van der Waals surface area contributed by atoms with E-state index in [0.717, 1.165) is 11.3 Å². The summed E-state index contributed by atoms with van der Waals surface area (Å²) in [6, 6.07) is 59.4. The van der Waals surface area contributed by atoms with Gasteiger partial charge in [-0.15, -0.1) is 0 Å². The van der Waals surface area contributed by atoms with E-state index < -0.39 is 0 Å². The molecular formula is C44H29N. The van der Waals surface area contributed by atoms with Gasteiger partial charge in [0.2, 0.25) is 0 Å². The Morgan fingerprint density at radius 2 is 0.889 bits per heavy atom. The van der Waals surface area contributed by atoms with Crippen LogP contribution in [-0.4, -0.2) is 0 Å². The maximum Gasteiger partial charge on any atom is 0.0314 e. The molecule has 0 aliphatic heterocycles. The zero-order chi connectivity index (χ0) is 29.9. The van der Waals surface area contributed by atoms with Crippen LogP contribution in [-0.2, 0) is 0 Å². The second-order valence-electron chi connectivity index (χ2n) is 11.9. The topological polar surface area (TPSA) is 26.0 Å². The number of hydrogen-bond donors (Lipinski definition) is 1. The third-order valence-electron chi connectivity index (χ3n) is 9.31. The summed E-state index contributed by atoms with van der Waals surface area (Å²) in [5.41, 5.74) is 21.9. The van der Waals surface area contributed by atoms with Gasteiger partial charge in [0.05, 0.1) is 0 Å². The van der Waals surface area contributed by atoms with E-state index in [4.69, 9.17) is 5.73 Å². The average molecular weight is 572 g/mol. The highest BCUT2D eigenvalue weighted by molar-refractivity contribution is 6.23. The van der Waals surface area contributed by atoms with Crippen molar-refractivity contribution in [2.75, 3.05) is 5.73 Å². The lowest BCUT2D eigenvalue weighted by molar-refractivity contribution is 1.57. The Hall–Kier alpha value is -5.92. The second-order valence-corrected chi connectivity index (χ2v) is 11.9. The predicted molar refractivity (Wildman–Crippen MR) is 192 cm³/mol. The van der Waals surface area contributed by atoms with Crippen LogP contribution < -0.4 is 5.73 Å². The molecule has 8 aromatic rings. The van der Waals surface area contributed by atoms with Gasteiger partial charge >= 0.3 is 0 Å². The average Bonchev–Trinajstić information content (AvgIpc) is 3.44. The molecule has 0 fully saturated rings. The molecule has 0 bridgehead atoms. The molecule has 0 atom stereocenters. The van der Waals surface area contributed by atoms with Crippen molar-refractivity contribution >= 4 is 27.2 Å². The predicted octanol–water partition coefficient (Wildman–Crippen LogP) is 11.9. The van der Waals surface area contributed by atoms with E-state index in [1.807, 2.05) is 12.1 Å². The minimum atomic E-state index is 0.769. The van der Waals surface area contributed by atoms with Crippen molar-refractivity contribution in [3.8, 4) is 66.8 Å². The van der Waals surface area contributed by atoms with Crippen molar-refractivity contribution in [3.63, 3.8) is 0 Å². The summed E-state index contributed by atoms with van der Waals surface area (Å²) in [4.78, 5) is 0. The van der Waals surface area contributed by atoms with Crippen molar-refractivity contribution in [1.29, 1.82) is 0 Å². The highest BCUT2D eigenvalue weighted by Gasteiger charge is 2.30. The number of nitrogen functional groups attached to an aromatic ring is 1. The third kappa shape index (κ3) is 4.02. The zero-order valence-electron chi connectivity index (χ0n) is 24.7. The zero-order valence-corrected chi connectivity index (χ0v) is 24.7. The third-order valence-corrected chi connectivity index (χ3v) is 9.31. The van der Waals surface area contributed by atoms with Gasteiger partial charge in [-0.3, -0.25) is 0 Å². The minimum absolute atomic E-state index is 0.769. The van der Waals surface area contributed by atoms with E-state index in [0.29, 0.717) is 0 Å². The molecule has 0 amide bonds. The standard InChI is InChI=1S/C44H29N/c45-34-23-21-29(22-24-34)38-26-33(25-32-15-7-8-18-35(32)38)40-27-39(28-11-3-1-4-12-28)43-36-19-9-16-30-17-10-20-37(41(30)36)44(43)42(40)31-13-5-2-6-14-31/h1-27H,45H2. The van der Waals surface area contributed by atoms with E-state index >= 15 is 0 Å². The molecule has 0 radical (unpaired) electrons. The van der Waals surface area contributed by atoms with Gasteiger partial charge in [-0.05, 0) is 119 Å². The van der Waals surface area contributed by atoms with Gasteiger partial charge in [0, 0.05) is 5.69 Å². The van der Waals surface area contributed by atoms with Crippen LogP contribution in [0.15, 0.2) is 164 Å². The highest BCUT2D eigenvalue weighted by atomic mass is 14.5. The molecule has 8 aromatic carbocycles. The molecule has 210 valence electrons. The van der Waals surface area contributed by atoms with Crippen LogP contribution in [0, 0.1) is 0 Å². The molecule has 1 heteroatoms. The molecule has 2 N–H and O–H groups in total. The minimum Gasteiger partial charge on any atom is -0.399 e. The number of fused-ring (bicyclic) bond motifs is 4. The van der Waals surface area contributed by atoms with Gasteiger partial charge in [0.25, 0.3) is 0 Å². The summed E-state index contributed by atoms with van der Waals surface area (Å²) in [6.45, 7) is 0. The SMILES string of the molecule is Nc1ccc(-c2cc(-c3cc(-c4ccccc4)c4c(c3-c3ccccc3)-c3cccc5cccc-4c35)cc3ccccc23)cc1. The quantitative estimate of drug-likeness (QED) is 0.209. The molecule has 1 nitrogen and oxygen atoms in total. The lowest BCUT2D eigenvalue weighted by Crippen LogP contribution is -1.95. The first-order valence-corrected chi connectivity index (χ1v) is 15.5. The Kier molecular flexibility index (Phi) is 5.73. The molecule has 0 saturated heterocycles. The van der Waals surface area contributed by atoms with E-state index in [9.17, 15) is 0 Å². The molecule has 0 heterocycles. The van der Waals surface area contributed by atoms with Gasteiger partial charge in [-0.1, -0.05) is 133 Å². The Bertz CT molecular complexity index is 2400. The van der Waals surface area contributed by atoms with E-state index in [1.54, 1.807) is 0 Å². The summed E-state index contributed by atoms with van der Waals surface area (Å²) in [5, 5.41) is 5.06. The molecule has 9 rings (SSSR count). The smallest absolute Gasteiger partial charge is 0.0314 e. The van der Waals surface area contributed by atoms with E-state index in [-0.39, 0.29) is 0 Å². The second kappa shape index (κ2) is 10.1. The van der Waals surface area contributed by atoms with Crippen molar-refractivity contribution in [2.45, 2.75) is 0 Å². The van der Waals surface area contributed by atoms with Gasteiger partial charge < -0.3 is 5.73 Å². The van der Waals surface area contributed by atoms with Crippen LogP contribution >= 0.6 is 0 Å². The van der Waals surface area contributed by atoms with E-state index in [2.05, 4.69) is 152 Å². The molecule has 45 heavy (non-hydrogen) atoms. The Balaban J connectivity index is 1.45. The fraction of sp³-hybridized carbons (Fsp3) is 0. The summed E-state index contributed by atoms with van der Waals surface area (Å²) in [5.74, 6) is 0. The molecule has 0 unspecified atom stereocenters. The first kappa shape index (κ1) is 25.6. The van der Waals surface area contributed by atoms with Crippen LogP contribution in [0.25, 0.3) is 88.3 Å². The first-order chi connectivity index (χ1) is 22.2. The van der Waals surface area contributed by atoms with Gasteiger partial charge in [0.1, 0.15) is 0 Å². The Morgan fingerprint density at radius 3 is 1.62 bits per heavy atom.